The lowest BCUT2D eigenvalue weighted by Gasteiger charge is -2.42. The highest BCUT2D eigenvalue weighted by Crippen LogP contribution is 2.24. The van der Waals surface area contributed by atoms with Gasteiger partial charge in [0.25, 0.3) is 0 Å². The molecule has 0 saturated carbocycles. The van der Waals surface area contributed by atoms with Gasteiger partial charge in [-0.3, -0.25) is 19.6 Å². The first kappa shape index (κ1) is 20.0. The molecule has 0 aliphatic carbocycles. The van der Waals surface area contributed by atoms with E-state index < -0.39 is 0 Å². The molecular weight excluding hydrogens is 336 g/mol. The number of likely N-dealkylation sites (tertiary alicyclic amines) is 2. The number of nitrogens with one attached hydrogen (secondary N) is 1. The molecule has 2 fully saturated rings. The molecule has 3 rings (SSSR count). The molecule has 1 aromatic heterocycles. The van der Waals surface area contributed by atoms with Crippen molar-refractivity contribution >= 4 is 5.91 Å². The van der Waals surface area contributed by atoms with Crippen molar-refractivity contribution < 1.29 is 4.79 Å². The minimum absolute atomic E-state index is 0.124. The number of aromatic nitrogens is 1. The molecule has 1 N–H and O–H groups in total. The zero-order chi connectivity index (χ0) is 19.1. The van der Waals surface area contributed by atoms with E-state index in [-0.39, 0.29) is 11.8 Å². The molecule has 0 spiro atoms. The maximum Gasteiger partial charge on any atom is 0.224 e. The zero-order valence-electron chi connectivity index (χ0n) is 16.9. The molecule has 0 aromatic carbocycles. The van der Waals surface area contributed by atoms with Gasteiger partial charge in [-0.15, -0.1) is 0 Å². The minimum Gasteiger partial charge on any atom is -0.352 e. The molecule has 1 amide bonds. The Morgan fingerprint density at radius 1 is 1.30 bits per heavy atom. The number of amides is 1. The number of piperidine rings is 2. The summed E-state index contributed by atoms with van der Waals surface area (Å²) in [6.07, 6.45) is 10.4. The molecule has 0 radical (unpaired) electrons. The van der Waals surface area contributed by atoms with Crippen LogP contribution in [0.5, 0.6) is 0 Å². The number of nitrogens with zero attached hydrogens (tertiary/aromatic N) is 3. The van der Waals surface area contributed by atoms with E-state index in [1.165, 1.54) is 31.5 Å². The lowest BCUT2D eigenvalue weighted by Crippen LogP contribution is -2.50. The fourth-order valence-corrected chi connectivity index (χ4v) is 4.27. The summed E-state index contributed by atoms with van der Waals surface area (Å²) in [5.41, 5.74) is 2.51. The highest BCUT2D eigenvalue weighted by molar-refractivity contribution is 5.78. The predicted molar refractivity (Wildman–Crippen MR) is 109 cm³/mol. The first-order valence-electron chi connectivity index (χ1n) is 10.4. The van der Waals surface area contributed by atoms with Gasteiger partial charge in [0.1, 0.15) is 0 Å². The molecule has 27 heavy (non-hydrogen) atoms. The molecule has 1 aromatic rings. The van der Waals surface area contributed by atoms with Crippen LogP contribution in [0.15, 0.2) is 36.2 Å². The van der Waals surface area contributed by atoms with Gasteiger partial charge in [0.05, 0.1) is 5.92 Å². The van der Waals surface area contributed by atoms with Gasteiger partial charge in [-0.2, -0.15) is 0 Å². The smallest absolute Gasteiger partial charge is 0.224 e. The maximum absolute atomic E-state index is 12.6. The second-order valence-electron chi connectivity index (χ2n) is 8.06. The van der Waals surface area contributed by atoms with Gasteiger partial charge in [0.2, 0.25) is 5.91 Å². The average Bonchev–Trinajstić information content (AvgIpc) is 2.73. The molecule has 5 heteroatoms. The standard InChI is InChI=1S/C22H34N4O/c1-3-18(2)16-25-12-8-21(9-13-25)26-11-5-7-20(17-26)22(27)24-15-19-6-4-10-23-14-19/h3-4,6,10,14,20-21H,5,7-9,11-13,15-17H2,1-2H3,(H,24,27)/b18-3+. The Balaban J connectivity index is 1.44. The third-order valence-electron chi connectivity index (χ3n) is 6.05. The second kappa shape index (κ2) is 10.00. The largest absolute Gasteiger partial charge is 0.352 e. The van der Waals surface area contributed by atoms with Gasteiger partial charge in [-0.05, 0) is 70.8 Å². The Bertz CT molecular complexity index is 622. The van der Waals surface area contributed by atoms with Crippen molar-refractivity contribution in [2.75, 3.05) is 32.7 Å². The van der Waals surface area contributed by atoms with Crippen molar-refractivity contribution in [3.05, 3.63) is 41.7 Å². The quantitative estimate of drug-likeness (QED) is 0.783. The number of carbonyl (C=O) groups excluding carboxylic acids is 1. The van der Waals surface area contributed by atoms with Crippen LogP contribution in [0.3, 0.4) is 0 Å². The van der Waals surface area contributed by atoms with E-state index in [4.69, 9.17) is 0 Å². The Kier molecular flexibility index (Phi) is 7.41. The van der Waals surface area contributed by atoms with E-state index in [0.717, 1.165) is 38.0 Å². The molecule has 3 heterocycles. The second-order valence-corrected chi connectivity index (χ2v) is 8.06. The molecule has 2 aliphatic rings. The molecule has 2 saturated heterocycles. The van der Waals surface area contributed by atoms with Gasteiger partial charge in [0.15, 0.2) is 0 Å². The molecular formula is C22H34N4O. The lowest BCUT2D eigenvalue weighted by molar-refractivity contribution is -0.127. The minimum atomic E-state index is 0.124. The van der Waals surface area contributed by atoms with E-state index in [9.17, 15) is 4.79 Å². The van der Waals surface area contributed by atoms with Crippen molar-refractivity contribution in [1.29, 1.82) is 0 Å². The highest BCUT2D eigenvalue weighted by atomic mass is 16.1. The van der Waals surface area contributed by atoms with Crippen LogP contribution in [-0.4, -0.2) is 59.5 Å². The number of pyridine rings is 1. The summed E-state index contributed by atoms with van der Waals surface area (Å²) in [6, 6.07) is 4.55. The van der Waals surface area contributed by atoms with Gasteiger partial charge in [0, 0.05) is 38.1 Å². The van der Waals surface area contributed by atoms with E-state index in [1.807, 2.05) is 18.3 Å². The van der Waals surface area contributed by atoms with E-state index in [1.54, 1.807) is 6.20 Å². The summed E-state index contributed by atoms with van der Waals surface area (Å²) >= 11 is 0. The van der Waals surface area contributed by atoms with Crippen molar-refractivity contribution in [3.63, 3.8) is 0 Å². The summed E-state index contributed by atoms with van der Waals surface area (Å²) in [4.78, 5) is 21.9. The fourth-order valence-electron chi connectivity index (χ4n) is 4.27. The van der Waals surface area contributed by atoms with Crippen LogP contribution < -0.4 is 5.32 Å². The SMILES string of the molecule is C/C=C(\C)CN1CCC(N2CCCC(C(=O)NCc3cccnc3)C2)CC1. The lowest BCUT2D eigenvalue weighted by atomic mass is 9.93. The average molecular weight is 371 g/mol. The van der Waals surface area contributed by atoms with Crippen LogP contribution in [0, 0.1) is 5.92 Å². The number of rotatable bonds is 6. The summed E-state index contributed by atoms with van der Waals surface area (Å²) in [6.45, 7) is 10.4. The van der Waals surface area contributed by atoms with Gasteiger partial charge < -0.3 is 5.32 Å². The third kappa shape index (κ3) is 5.88. The first-order valence-corrected chi connectivity index (χ1v) is 10.4. The van der Waals surface area contributed by atoms with Gasteiger partial charge in [-0.25, -0.2) is 0 Å². The molecule has 1 atom stereocenters. The first-order chi connectivity index (χ1) is 13.2. The summed E-state index contributed by atoms with van der Waals surface area (Å²) in [7, 11) is 0. The van der Waals surface area contributed by atoms with Crippen LogP contribution in [0.4, 0.5) is 0 Å². The number of hydrogen-bond acceptors (Lipinski definition) is 4. The van der Waals surface area contributed by atoms with Crippen molar-refractivity contribution in [1.82, 2.24) is 20.1 Å². The topological polar surface area (TPSA) is 48.5 Å². The molecule has 5 nitrogen and oxygen atoms in total. The zero-order valence-corrected chi connectivity index (χ0v) is 16.9. The Labute approximate surface area is 163 Å². The maximum atomic E-state index is 12.6. The fraction of sp³-hybridized carbons (Fsp3) is 0.636. The Morgan fingerprint density at radius 3 is 2.81 bits per heavy atom. The summed E-state index contributed by atoms with van der Waals surface area (Å²) < 4.78 is 0. The van der Waals surface area contributed by atoms with Crippen LogP contribution in [0.2, 0.25) is 0 Å². The van der Waals surface area contributed by atoms with E-state index >= 15 is 0 Å². The highest BCUT2D eigenvalue weighted by Gasteiger charge is 2.31. The molecule has 0 bridgehead atoms. The monoisotopic (exact) mass is 370 g/mol. The molecule has 2 aliphatic heterocycles. The van der Waals surface area contributed by atoms with Crippen molar-refractivity contribution in [2.24, 2.45) is 5.92 Å². The molecule has 148 valence electrons. The van der Waals surface area contributed by atoms with Crippen LogP contribution in [0.25, 0.3) is 0 Å². The number of hydrogen-bond donors (Lipinski definition) is 1. The molecule has 1 unspecified atom stereocenters. The normalized spacial score (nSPS) is 23.3. The third-order valence-corrected chi connectivity index (χ3v) is 6.05. The number of carbonyl (C=O) groups is 1. The Morgan fingerprint density at radius 2 is 2.11 bits per heavy atom. The van der Waals surface area contributed by atoms with Crippen LogP contribution in [-0.2, 0) is 11.3 Å². The predicted octanol–water partition coefficient (Wildman–Crippen LogP) is 2.84. The number of allylic oxidation sites excluding steroid dienone is 1. The summed E-state index contributed by atoms with van der Waals surface area (Å²) in [5.74, 6) is 0.323. The van der Waals surface area contributed by atoms with E-state index in [0.29, 0.717) is 12.6 Å². The van der Waals surface area contributed by atoms with Gasteiger partial charge in [-0.1, -0.05) is 17.7 Å². The van der Waals surface area contributed by atoms with E-state index in [2.05, 4.69) is 40.0 Å². The summed E-state index contributed by atoms with van der Waals surface area (Å²) in [5, 5.41) is 3.11. The van der Waals surface area contributed by atoms with Crippen molar-refractivity contribution in [2.45, 2.75) is 52.1 Å². The van der Waals surface area contributed by atoms with Crippen molar-refractivity contribution in [3.8, 4) is 0 Å². The van der Waals surface area contributed by atoms with Crippen LogP contribution in [0.1, 0.15) is 45.1 Å². The van der Waals surface area contributed by atoms with Crippen LogP contribution >= 0.6 is 0 Å². The Hall–Kier alpha value is -1.72. The van der Waals surface area contributed by atoms with Gasteiger partial charge >= 0.3 is 0 Å².